The lowest BCUT2D eigenvalue weighted by Crippen LogP contribution is -2.43. The van der Waals surface area contributed by atoms with Crippen molar-refractivity contribution in [3.63, 3.8) is 0 Å². The molecule has 4 aliphatic rings. The van der Waals surface area contributed by atoms with Crippen LogP contribution in [0.3, 0.4) is 0 Å². The minimum absolute atomic E-state index is 0.107. The molecule has 2 N–H and O–H groups in total. The lowest BCUT2D eigenvalue weighted by molar-refractivity contribution is 0.208. The van der Waals surface area contributed by atoms with E-state index in [-0.39, 0.29) is 5.56 Å². The molecule has 3 aliphatic heterocycles. The molecule has 2 fully saturated rings. The van der Waals surface area contributed by atoms with E-state index < -0.39 is 0 Å². The van der Waals surface area contributed by atoms with Gasteiger partial charge in [-0.3, -0.25) is 4.79 Å². The van der Waals surface area contributed by atoms with Crippen LogP contribution in [0.25, 0.3) is 33.7 Å². The van der Waals surface area contributed by atoms with E-state index in [4.69, 9.17) is 4.98 Å². The third-order valence-corrected chi connectivity index (χ3v) is 6.97. The largest absolute Gasteiger partial charge is 0.371 e. The molecule has 6 rings (SSSR count). The predicted octanol–water partition coefficient (Wildman–Crippen LogP) is 4.09. The molecule has 0 saturated carbocycles. The minimum Gasteiger partial charge on any atom is -0.371 e. The number of anilines is 1. The highest BCUT2D eigenvalue weighted by molar-refractivity contribution is 5.87. The molecule has 0 atom stereocenters. The molecule has 2 saturated heterocycles. The number of hydrogen-bond acceptors (Lipinski definition) is 4. The van der Waals surface area contributed by atoms with Crippen LogP contribution in [0.2, 0.25) is 0 Å². The summed E-state index contributed by atoms with van der Waals surface area (Å²) in [5.41, 5.74) is 5.31. The summed E-state index contributed by atoms with van der Waals surface area (Å²) in [4.78, 5) is 28.9. The average Bonchev–Trinajstić information content (AvgIpc) is 3.49. The van der Waals surface area contributed by atoms with Gasteiger partial charge in [-0.15, -0.1) is 0 Å². The third kappa shape index (κ3) is 3.31. The Hall–Kier alpha value is -3.12. The van der Waals surface area contributed by atoms with Crippen LogP contribution < -0.4 is 10.5 Å². The van der Waals surface area contributed by atoms with Crippen molar-refractivity contribution in [2.24, 2.45) is 0 Å². The SMILES string of the molecule is O=c1[nH]c2cccccc-2c1-c1nc2ccc(N3CCC(N4CCCC4)CC3)cc2[nH]1. The Bertz CT molecular complexity index is 1240. The van der Waals surface area contributed by atoms with Gasteiger partial charge in [0.2, 0.25) is 0 Å². The molecular formula is C25H27N5O. The molecule has 1 aromatic heterocycles. The van der Waals surface area contributed by atoms with Crippen molar-refractivity contribution in [3.8, 4) is 22.6 Å². The van der Waals surface area contributed by atoms with Crippen LogP contribution in [0.5, 0.6) is 0 Å². The number of nitrogens with one attached hydrogen (secondary N) is 2. The van der Waals surface area contributed by atoms with E-state index >= 15 is 0 Å². The Labute approximate surface area is 181 Å². The van der Waals surface area contributed by atoms with Crippen molar-refractivity contribution in [1.29, 1.82) is 0 Å². The fourth-order valence-electron chi connectivity index (χ4n) is 5.33. The Morgan fingerprint density at radius 1 is 0.903 bits per heavy atom. The van der Waals surface area contributed by atoms with Crippen molar-refractivity contribution in [2.75, 3.05) is 31.1 Å². The molecule has 0 unspecified atom stereocenters. The summed E-state index contributed by atoms with van der Waals surface area (Å²) in [5, 5.41) is 0. The topological polar surface area (TPSA) is 68.0 Å². The second-order valence-corrected chi connectivity index (χ2v) is 8.82. The van der Waals surface area contributed by atoms with Gasteiger partial charge in [0.25, 0.3) is 5.56 Å². The maximum absolute atomic E-state index is 12.6. The molecule has 0 radical (unpaired) electrons. The first-order valence-corrected chi connectivity index (χ1v) is 11.4. The van der Waals surface area contributed by atoms with Crippen LogP contribution in [-0.2, 0) is 0 Å². The number of fused-ring (bicyclic) bond motifs is 2. The lowest BCUT2D eigenvalue weighted by atomic mass is 10.0. The fraction of sp³-hybridized carbons (Fsp3) is 0.360. The van der Waals surface area contributed by atoms with Gasteiger partial charge < -0.3 is 19.8 Å². The molecule has 1 aromatic carbocycles. The maximum Gasteiger partial charge on any atom is 0.260 e. The van der Waals surface area contributed by atoms with E-state index in [1.165, 1.54) is 44.5 Å². The zero-order chi connectivity index (χ0) is 20.8. The van der Waals surface area contributed by atoms with Gasteiger partial charge in [0.15, 0.2) is 0 Å². The number of piperidine rings is 1. The molecule has 0 amide bonds. The molecule has 0 bridgehead atoms. The second-order valence-electron chi connectivity index (χ2n) is 8.82. The van der Waals surface area contributed by atoms with E-state index in [0.29, 0.717) is 11.4 Å². The Morgan fingerprint density at radius 3 is 2.55 bits per heavy atom. The molecule has 0 spiro atoms. The van der Waals surface area contributed by atoms with Gasteiger partial charge in [-0.1, -0.05) is 24.3 Å². The third-order valence-electron chi connectivity index (χ3n) is 6.97. The van der Waals surface area contributed by atoms with Crippen molar-refractivity contribution < 1.29 is 0 Å². The molecular weight excluding hydrogens is 386 g/mol. The van der Waals surface area contributed by atoms with Gasteiger partial charge in [-0.05, 0) is 63.0 Å². The molecule has 4 heterocycles. The molecule has 31 heavy (non-hydrogen) atoms. The number of nitrogens with zero attached hydrogens (tertiary/aromatic N) is 3. The standard InChI is InChI=1S/C25H27N5O/c31-25-23(19-6-2-1-3-7-20(19)28-25)24-26-21-9-8-18(16-22(21)27-24)30-14-10-17(11-15-30)29-12-4-5-13-29/h1-3,6-9,16-17H,4-5,10-15H2,(H,26,27)(H,28,31). The smallest absolute Gasteiger partial charge is 0.260 e. The van der Waals surface area contributed by atoms with Crippen LogP contribution in [0, 0.1) is 0 Å². The summed E-state index contributed by atoms with van der Waals surface area (Å²) in [6.45, 7) is 4.75. The Morgan fingerprint density at radius 2 is 1.71 bits per heavy atom. The van der Waals surface area contributed by atoms with E-state index in [0.717, 1.165) is 41.4 Å². The summed E-state index contributed by atoms with van der Waals surface area (Å²) in [5.74, 6) is 0.627. The zero-order valence-corrected chi connectivity index (χ0v) is 17.6. The highest BCUT2D eigenvalue weighted by Crippen LogP contribution is 2.31. The number of hydrogen-bond donors (Lipinski definition) is 2. The number of imidazole rings is 1. The summed E-state index contributed by atoms with van der Waals surface area (Å²) >= 11 is 0. The van der Waals surface area contributed by atoms with Crippen molar-refractivity contribution in [2.45, 2.75) is 31.7 Å². The van der Waals surface area contributed by atoms with Gasteiger partial charge in [0, 0.05) is 36.1 Å². The van der Waals surface area contributed by atoms with Gasteiger partial charge in [0.05, 0.1) is 16.6 Å². The van der Waals surface area contributed by atoms with Crippen LogP contribution >= 0.6 is 0 Å². The summed E-state index contributed by atoms with van der Waals surface area (Å²) < 4.78 is 0. The Kier molecular flexibility index (Phi) is 4.53. The molecule has 158 valence electrons. The first-order valence-electron chi connectivity index (χ1n) is 11.4. The molecule has 6 nitrogen and oxygen atoms in total. The normalized spacial score (nSPS) is 18.4. The summed E-state index contributed by atoms with van der Waals surface area (Å²) in [6.07, 6.45) is 5.19. The van der Waals surface area contributed by atoms with Gasteiger partial charge >= 0.3 is 0 Å². The maximum atomic E-state index is 12.6. The van der Waals surface area contributed by atoms with E-state index in [1.807, 2.05) is 30.3 Å². The molecule has 1 aliphatic carbocycles. The van der Waals surface area contributed by atoms with Gasteiger partial charge in [-0.25, -0.2) is 4.98 Å². The number of benzene rings is 1. The highest BCUT2D eigenvalue weighted by atomic mass is 16.1. The number of rotatable bonds is 3. The lowest BCUT2D eigenvalue weighted by Gasteiger charge is -2.37. The number of likely N-dealkylation sites (tertiary alicyclic amines) is 1. The van der Waals surface area contributed by atoms with Crippen molar-refractivity contribution >= 4 is 16.7 Å². The van der Waals surface area contributed by atoms with Gasteiger partial charge in [0.1, 0.15) is 5.82 Å². The average molecular weight is 414 g/mol. The number of aromatic amines is 2. The van der Waals surface area contributed by atoms with Crippen LogP contribution in [0.15, 0.2) is 53.3 Å². The minimum atomic E-state index is -0.107. The van der Waals surface area contributed by atoms with Crippen molar-refractivity contribution in [1.82, 2.24) is 19.9 Å². The van der Waals surface area contributed by atoms with Crippen LogP contribution in [0.4, 0.5) is 5.69 Å². The first kappa shape index (κ1) is 18.6. The number of aromatic nitrogens is 3. The number of H-pyrrole nitrogens is 2. The van der Waals surface area contributed by atoms with E-state index in [1.54, 1.807) is 0 Å². The highest BCUT2D eigenvalue weighted by Gasteiger charge is 2.26. The van der Waals surface area contributed by atoms with Crippen molar-refractivity contribution in [3.05, 3.63) is 58.9 Å². The summed E-state index contributed by atoms with van der Waals surface area (Å²) in [7, 11) is 0. The van der Waals surface area contributed by atoms with Crippen LogP contribution in [-0.4, -0.2) is 52.1 Å². The fourth-order valence-corrected chi connectivity index (χ4v) is 5.33. The summed E-state index contributed by atoms with van der Waals surface area (Å²) in [6, 6.07) is 16.9. The Balaban J connectivity index is 1.28. The monoisotopic (exact) mass is 413 g/mol. The van der Waals surface area contributed by atoms with E-state index in [9.17, 15) is 4.79 Å². The van der Waals surface area contributed by atoms with E-state index in [2.05, 4.69) is 38.0 Å². The predicted molar refractivity (Wildman–Crippen MR) is 125 cm³/mol. The quantitative estimate of drug-likeness (QED) is 0.531. The zero-order valence-electron chi connectivity index (χ0n) is 17.6. The molecule has 2 aromatic rings. The first-order chi connectivity index (χ1) is 15.3. The van der Waals surface area contributed by atoms with Gasteiger partial charge in [-0.2, -0.15) is 0 Å². The van der Waals surface area contributed by atoms with Crippen LogP contribution in [0.1, 0.15) is 25.7 Å². The second kappa shape index (κ2) is 7.54. The molecule has 6 heteroatoms.